The van der Waals surface area contributed by atoms with Gasteiger partial charge < -0.3 is 10.0 Å². The maximum absolute atomic E-state index is 13.1. The second kappa shape index (κ2) is 10.6. The largest absolute Gasteiger partial charge is 0.477 e. The van der Waals surface area contributed by atoms with E-state index in [1.807, 2.05) is 12.1 Å². The summed E-state index contributed by atoms with van der Waals surface area (Å²) < 4.78 is 1.25. The average Bonchev–Trinajstić information content (AvgIpc) is 3.27. The molecule has 6 nitrogen and oxygen atoms in total. The molecule has 1 fully saturated rings. The van der Waals surface area contributed by atoms with E-state index in [-0.39, 0.29) is 11.3 Å². The van der Waals surface area contributed by atoms with Gasteiger partial charge in [0.1, 0.15) is 0 Å². The fraction of sp³-hybridized carbons (Fsp3) is 0.265. The Hall–Kier alpha value is -4.54. The Labute approximate surface area is 233 Å². The molecule has 0 amide bonds. The van der Waals surface area contributed by atoms with Crippen LogP contribution in [0.5, 0.6) is 0 Å². The first-order valence-electron chi connectivity index (χ1n) is 14.0. The zero-order valence-electron chi connectivity index (χ0n) is 22.9. The number of nitrogens with one attached hydrogen (secondary N) is 1. The summed E-state index contributed by atoms with van der Waals surface area (Å²) in [6, 6.07) is 22.8. The molecular formula is C34H33N3O3. The Morgan fingerprint density at radius 3 is 2.45 bits per heavy atom. The molecule has 0 radical (unpaired) electrons. The second-order valence-electron chi connectivity index (χ2n) is 11.1. The van der Waals surface area contributed by atoms with Gasteiger partial charge in [-0.1, -0.05) is 43.2 Å². The number of aryl methyl sites for hydroxylation is 2. The van der Waals surface area contributed by atoms with Crippen LogP contribution in [-0.4, -0.2) is 26.9 Å². The summed E-state index contributed by atoms with van der Waals surface area (Å²) in [5.74, 6) is -0.576. The highest BCUT2D eigenvalue weighted by Crippen LogP contribution is 2.45. The fourth-order valence-electron chi connectivity index (χ4n) is 6.47. The number of fused-ring (bicyclic) bond motifs is 2. The van der Waals surface area contributed by atoms with Crippen molar-refractivity contribution in [3.05, 3.63) is 116 Å². The van der Waals surface area contributed by atoms with Crippen LogP contribution in [0.2, 0.25) is 0 Å². The van der Waals surface area contributed by atoms with Gasteiger partial charge in [0.25, 0.3) is 5.56 Å². The maximum Gasteiger partial charge on any atom is 0.354 e. The van der Waals surface area contributed by atoms with E-state index in [1.54, 1.807) is 24.3 Å². The number of aromatic nitrogens is 2. The molecule has 2 aliphatic rings. The lowest BCUT2D eigenvalue weighted by Crippen LogP contribution is -2.44. The molecule has 2 unspecified atom stereocenters. The second-order valence-corrected chi connectivity index (χ2v) is 11.1. The predicted octanol–water partition coefficient (Wildman–Crippen LogP) is 7.06. The van der Waals surface area contributed by atoms with Crippen LogP contribution in [0.15, 0.2) is 77.3 Å². The number of hydrogen-bond acceptors (Lipinski definition) is 3. The molecule has 2 atom stereocenters. The molecule has 0 spiro atoms. The number of rotatable bonds is 5. The number of benzene rings is 3. The molecule has 2 N–H and O–H groups in total. The molecule has 2 heterocycles. The highest BCUT2D eigenvalue weighted by molar-refractivity contribution is 5.90. The minimum Gasteiger partial charge on any atom is -0.477 e. The number of nitrogens with zero attached hydrogens (tertiary/aromatic N) is 2. The van der Waals surface area contributed by atoms with Crippen LogP contribution < -0.4 is 10.5 Å². The Bertz CT molecular complexity index is 1690. The van der Waals surface area contributed by atoms with Gasteiger partial charge in [-0.25, -0.2) is 9.48 Å². The number of aromatic amines is 1. The summed E-state index contributed by atoms with van der Waals surface area (Å²) in [6.45, 7) is 4.32. The summed E-state index contributed by atoms with van der Waals surface area (Å²) >= 11 is 0. The summed E-state index contributed by atoms with van der Waals surface area (Å²) in [5, 5.41) is 12.4. The first-order chi connectivity index (χ1) is 19.4. The van der Waals surface area contributed by atoms with E-state index in [1.165, 1.54) is 64.5 Å². The van der Waals surface area contributed by atoms with Crippen LogP contribution in [0.1, 0.15) is 64.0 Å². The van der Waals surface area contributed by atoms with Crippen LogP contribution in [0.4, 0.5) is 11.4 Å². The SMILES string of the molecule is Cc1cc(C)cc(N2c3ccc(C=C=Cc4c(C(=O)O)[nH]n(-c5ccccc5)c4=O)cc3CC3CCCCC32)c1. The summed E-state index contributed by atoms with van der Waals surface area (Å²) in [7, 11) is 0. The summed E-state index contributed by atoms with van der Waals surface area (Å²) in [6.07, 6.45) is 9.33. The zero-order valence-corrected chi connectivity index (χ0v) is 22.9. The van der Waals surface area contributed by atoms with E-state index in [0.717, 1.165) is 12.0 Å². The Morgan fingerprint density at radius 2 is 1.70 bits per heavy atom. The highest BCUT2D eigenvalue weighted by Gasteiger charge is 2.36. The van der Waals surface area contributed by atoms with Gasteiger partial charge in [0.15, 0.2) is 5.69 Å². The minimum atomic E-state index is -1.19. The Kier molecular flexibility index (Phi) is 6.79. The van der Waals surface area contributed by atoms with Crippen LogP contribution in [-0.2, 0) is 6.42 Å². The van der Waals surface area contributed by atoms with Gasteiger partial charge in [-0.2, -0.15) is 0 Å². The molecule has 0 saturated heterocycles. The molecule has 4 aromatic rings. The molecule has 40 heavy (non-hydrogen) atoms. The van der Waals surface area contributed by atoms with Crippen molar-refractivity contribution in [2.45, 2.75) is 52.0 Å². The molecule has 6 heteroatoms. The number of para-hydroxylation sites is 1. The van der Waals surface area contributed by atoms with Crippen LogP contribution >= 0.6 is 0 Å². The van der Waals surface area contributed by atoms with Crippen molar-refractivity contribution in [2.75, 3.05) is 4.90 Å². The number of carboxylic acid groups (broad SMARTS) is 1. The molecule has 3 aromatic carbocycles. The average molecular weight is 532 g/mol. The van der Waals surface area contributed by atoms with E-state index >= 15 is 0 Å². The van der Waals surface area contributed by atoms with Crippen LogP contribution in [0, 0.1) is 19.8 Å². The lowest BCUT2D eigenvalue weighted by Gasteiger charge is -2.46. The molecule has 6 rings (SSSR count). The molecule has 1 aromatic heterocycles. The van der Waals surface area contributed by atoms with E-state index in [2.05, 4.69) is 66.0 Å². The predicted molar refractivity (Wildman–Crippen MR) is 160 cm³/mol. The topological polar surface area (TPSA) is 78.3 Å². The number of carboxylic acids is 1. The third-order valence-electron chi connectivity index (χ3n) is 8.16. The van der Waals surface area contributed by atoms with Crippen LogP contribution in [0.3, 0.4) is 0 Å². The number of H-pyrrole nitrogens is 1. The molecule has 202 valence electrons. The first-order valence-corrected chi connectivity index (χ1v) is 14.0. The van der Waals surface area contributed by atoms with Gasteiger partial charge in [0, 0.05) is 17.4 Å². The number of carbonyl (C=O) groups is 1. The van der Waals surface area contributed by atoms with Crippen molar-refractivity contribution >= 4 is 29.5 Å². The van der Waals surface area contributed by atoms with Crippen molar-refractivity contribution in [3.63, 3.8) is 0 Å². The fourth-order valence-corrected chi connectivity index (χ4v) is 6.47. The molecule has 1 aliphatic carbocycles. The lowest BCUT2D eigenvalue weighted by atomic mass is 9.76. The van der Waals surface area contributed by atoms with E-state index in [4.69, 9.17) is 0 Å². The molecule has 1 aliphatic heterocycles. The smallest absolute Gasteiger partial charge is 0.354 e. The van der Waals surface area contributed by atoms with Crippen molar-refractivity contribution in [2.24, 2.45) is 5.92 Å². The molecule has 0 bridgehead atoms. The van der Waals surface area contributed by atoms with Crippen molar-refractivity contribution in [1.82, 2.24) is 9.78 Å². The Morgan fingerprint density at radius 1 is 0.950 bits per heavy atom. The van der Waals surface area contributed by atoms with Gasteiger partial charge in [-0.05, 0) is 110 Å². The third kappa shape index (κ3) is 4.83. The number of hydrogen-bond donors (Lipinski definition) is 2. The number of aromatic carboxylic acids is 1. The van der Waals surface area contributed by atoms with E-state index in [0.29, 0.717) is 17.6 Å². The standard InChI is InChI=1S/C34H33N3O3/c1-22-17-23(2)19-28(18-22)36-30-14-7-6-10-25(30)21-26-20-24(15-16-31(26)36)9-8-13-29-32(34(39)40)35-37(33(29)38)27-11-4-3-5-12-27/h3-5,9,11-13,15-20,25,30,35H,6-7,10,14,21H2,1-2H3,(H,39,40). The van der Waals surface area contributed by atoms with Crippen LogP contribution in [0.25, 0.3) is 17.8 Å². The molecular weight excluding hydrogens is 498 g/mol. The van der Waals surface area contributed by atoms with Crippen molar-refractivity contribution in [1.29, 1.82) is 0 Å². The van der Waals surface area contributed by atoms with Gasteiger partial charge in [-0.15, -0.1) is 5.73 Å². The highest BCUT2D eigenvalue weighted by atomic mass is 16.4. The van der Waals surface area contributed by atoms with Gasteiger partial charge in [0.05, 0.1) is 11.3 Å². The lowest BCUT2D eigenvalue weighted by molar-refractivity contribution is 0.0689. The van der Waals surface area contributed by atoms with Gasteiger partial charge in [0.2, 0.25) is 0 Å². The summed E-state index contributed by atoms with van der Waals surface area (Å²) in [5.41, 5.74) is 10.5. The number of anilines is 2. The van der Waals surface area contributed by atoms with Crippen molar-refractivity contribution in [3.8, 4) is 5.69 Å². The third-order valence-corrected chi connectivity index (χ3v) is 8.16. The monoisotopic (exact) mass is 531 g/mol. The van der Waals surface area contributed by atoms with E-state index < -0.39 is 11.5 Å². The van der Waals surface area contributed by atoms with Gasteiger partial charge in [-0.3, -0.25) is 9.89 Å². The summed E-state index contributed by atoms with van der Waals surface area (Å²) in [4.78, 5) is 27.5. The minimum absolute atomic E-state index is 0.0663. The quantitative estimate of drug-likeness (QED) is 0.270. The normalized spacial score (nSPS) is 17.9. The van der Waals surface area contributed by atoms with Gasteiger partial charge >= 0.3 is 5.97 Å². The van der Waals surface area contributed by atoms with Crippen molar-refractivity contribution < 1.29 is 9.90 Å². The zero-order chi connectivity index (χ0) is 27.8. The molecule has 1 saturated carbocycles. The maximum atomic E-state index is 13.1. The van der Waals surface area contributed by atoms with E-state index in [9.17, 15) is 14.7 Å². The first kappa shape index (κ1) is 25.7. The Balaban J connectivity index is 1.37.